The molecule has 0 unspecified atom stereocenters. The van der Waals surface area contributed by atoms with E-state index in [-0.39, 0.29) is 19.5 Å². The molecule has 146 valence electrons. The van der Waals surface area contributed by atoms with Crippen molar-refractivity contribution in [3.05, 3.63) is 97.3 Å². The van der Waals surface area contributed by atoms with Gasteiger partial charge in [-0.3, -0.25) is 9.97 Å². The summed E-state index contributed by atoms with van der Waals surface area (Å²) in [4.78, 5) is 10.7. The van der Waals surface area contributed by atoms with Crippen LogP contribution in [0.2, 0.25) is 0 Å². The maximum absolute atomic E-state index is 4.34. The van der Waals surface area contributed by atoms with Gasteiger partial charge in [-0.05, 0) is 70.1 Å². The van der Waals surface area contributed by atoms with E-state index >= 15 is 0 Å². The molecule has 6 rings (SSSR count). The topological polar surface area (TPSA) is 25.8 Å². The number of benzene rings is 4. The van der Waals surface area contributed by atoms with E-state index in [4.69, 9.17) is 0 Å². The third kappa shape index (κ3) is 4.45. The van der Waals surface area contributed by atoms with Crippen LogP contribution >= 0.6 is 25.3 Å². The average molecular weight is 488 g/mol. The van der Waals surface area contributed by atoms with Crippen LogP contribution in [-0.2, 0) is 19.5 Å². The van der Waals surface area contributed by atoms with Crippen molar-refractivity contribution < 1.29 is 19.5 Å². The van der Waals surface area contributed by atoms with E-state index < -0.39 is 0 Å². The Hall–Kier alpha value is -2.46. The second-order valence-corrected chi connectivity index (χ2v) is 8.11. The van der Waals surface area contributed by atoms with E-state index in [0.717, 1.165) is 20.8 Å². The average Bonchev–Trinajstić information content (AvgIpc) is 2.79. The molecule has 5 heteroatoms. The van der Waals surface area contributed by atoms with Crippen molar-refractivity contribution in [1.29, 1.82) is 0 Å². The summed E-state index contributed by atoms with van der Waals surface area (Å²) in [7, 11) is 0. The fraction of sp³-hybridized carbons (Fsp3) is 0. The molecule has 0 aliphatic rings. The van der Waals surface area contributed by atoms with E-state index in [1.165, 1.54) is 32.3 Å². The van der Waals surface area contributed by atoms with Crippen molar-refractivity contribution >= 4 is 68.6 Å². The summed E-state index contributed by atoms with van der Waals surface area (Å²) in [5, 5.41) is 7.29. The fourth-order valence-corrected chi connectivity index (χ4v) is 4.19. The van der Waals surface area contributed by atoms with Gasteiger partial charge in [0.2, 0.25) is 0 Å². The molecular formula is C26H18N2S2Zn. The van der Waals surface area contributed by atoms with Crippen LogP contribution in [0.25, 0.3) is 43.4 Å². The Kier molecular flexibility index (Phi) is 6.57. The standard InChI is InChI=1S/2C13H9NS.Zn/c2*15-10-4-5-11-9(8-10)3-6-13-12(11)2-1-7-14-13;/h2*1-8,15H;. The van der Waals surface area contributed by atoms with Crippen molar-refractivity contribution in [1.82, 2.24) is 9.97 Å². The molecule has 0 aliphatic carbocycles. The van der Waals surface area contributed by atoms with Gasteiger partial charge in [-0.2, -0.15) is 0 Å². The minimum Gasteiger partial charge on any atom is -0.256 e. The molecule has 0 spiro atoms. The predicted molar refractivity (Wildman–Crippen MR) is 133 cm³/mol. The van der Waals surface area contributed by atoms with Crippen molar-refractivity contribution in [3.8, 4) is 0 Å². The largest absolute Gasteiger partial charge is 0.256 e. The molecule has 0 saturated heterocycles. The third-order valence-electron chi connectivity index (χ3n) is 5.17. The number of fused-ring (bicyclic) bond motifs is 6. The molecule has 2 heterocycles. The van der Waals surface area contributed by atoms with Crippen LogP contribution in [0.1, 0.15) is 0 Å². The van der Waals surface area contributed by atoms with Gasteiger partial charge in [0.15, 0.2) is 0 Å². The number of hydrogen-bond acceptors (Lipinski definition) is 4. The number of nitrogens with zero attached hydrogens (tertiary/aromatic N) is 2. The molecule has 0 fully saturated rings. The van der Waals surface area contributed by atoms with E-state index in [1.54, 1.807) is 0 Å². The predicted octanol–water partition coefficient (Wildman–Crippen LogP) is 7.35. The van der Waals surface area contributed by atoms with Crippen molar-refractivity contribution in [3.63, 3.8) is 0 Å². The maximum atomic E-state index is 4.34. The van der Waals surface area contributed by atoms with E-state index in [9.17, 15) is 0 Å². The molecule has 0 saturated carbocycles. The smallest absolute Gasteiger partial charge is 0.0708 e. The molecule has 0 aliphatic heterocycles. The molecule has 0 N–H and O–H groups in total. The van der Waals surface area contributed by atoms with Crippen LogP contribution in [0, 0.1) is 0 Å². The molecule has 2 aromatic heterocycles. The summed E-state index contributed by atoms with van der Waals surface area (Å²) in [6, 6.07) is 28.8. The number of aromatic nitrogens is 2. The Morgan fingerprint density at radius 3 is 1.39 bits per heavy atom. The van der Waals surface area contributed by atoms with Gasteiger partial charge in [0.1, 0.15) is 0 Å². The first-order chi connectivity index (χ1) is 14.7. The quantitative estimate of drug-likeness (QED) is 0.133. The Morgan fingerprint density at radius 2 is 0.935 bits per heavy atom. The zero-order valence-electron chi connectivity index (χ0n) is 16.7. The summed E-state index contributed by atoms with van der Waals surface area (Å²) in [5.74, 6) is 0. The van der Waals surface area contributed by atoms with Gasteiger partial charge in [0.05, 0.1) is 11.0 Å². The minimum absolute atomic E-state index is 0. The Balaban J connectivity index is 0.000000144. The Morgan fingerprint density at radius 1 is 0.484 bits per heavy atom. The van der Waals surface area contributed by atoms with E-state index in [2.05, 4.69) is 83.8 Å². The molecule has 31 heavy (non-hydrogen) atoms. The number of rotatable bonds is 0. The number of pyridine rings is 2. The third-order valence-corrected chi connectivity index (χ3v) is 5.73. The van der Waals surface area contributed by atoms with Crippen LogP contribution in [0.4, 0.5) is 0 Å². The monoisotopic (exact) mass is 486 g/mol. The van der Waals surface area contributed by atoms with Crippen LogP contribution in [0.5, 0.6) is 0 Å². The molecule has 6 aromatic rings. The normalized spacial score (nSPS) is 10.6. The van der Waals surface area contributed by atoms with Crippen LogP contribution in [-0.4, -0.2) is 9.97 Å². The summed E-state index contributed by atoms with van der Waals surface area (Å²) < 4.78 is 0. The first-order valence-electron chi connectivity index (χ1n) is 9.62. The van der Waals surface area contributed by atoms with Gasteiger partial charge >= 0.3 is 0 Å². The molecule has 0 amide bonds. The first-order valence-corrected chi connectivity index (χ1v) is 10.5. The van der Waals surface area contributed by atoms with Gasteiger partial charge in [-0.25, -0.2) is 0 Å². The van der Waals surface area contributed by atoms with Crippen LogP contribution in [0.3, 0.4) is 0 Å². The van der Waals surface area contributed by atoms with Crippen LogP contribution in [0.15, 0.2) is 107 Å². The van der Waals surface area contributed by atoms with E-state index in [1.807, 2.05) is 48.8 Å². The Labute approximate surface area is 204 Å². The van der Waals surface area contributed by atoms with Gasteiger partial charge in [-0.15, -0.1) is 25.3 Å². The molecular weight excluding hydrogens is 470 g/mol. The SMILES string of the molecule is Sc1ccc2c(ccc3ncccc32)c1.Sc1ccc2c(ccc3ncccc32)c1.[Zn]. The molecule has 0 bridgehead atoms. The molecule has 0 radical (unpaired) electrons. The second-order valence-electron chi connectivity index (χ2n) is 7.08. The van der Waals surface area contributed by atoms with E-state index in [0.29, 0.717) is 0 Å². The summed E-state index contributed by atoms with van der Waals surface area (Å²) >= 11 is 8.68. The second kappa shape index (κ2) is 9.36. The fourth-order valence-electron chi connectivity index (χ4n) is 3.76. The van der Waals surface area contributed by atoms with Gasteiger partial charge in [-0.1, -0.05) is 36.4 Å². The summed E-state index contributed by atoms with van der Waals surface area (Å²) in [6.07, 6.45) is 3.64. The van der Waals surface area contributed by atoms with Gasteiger partial charge < -0.3 is 0 Å². The zero-order valence-corrected chi connectivity index (χ0v) is 21.5. The maximum Gasteiger partial charge on any atom is 0.0708 e. The van der Waals surface area contributed by atoms with Crippen molar-refractivity contribution in [2.45, 2.75) is 9.79 Å². The zero-order chi connectivity index (χ0) is 20.5. The minimum atomic E-state index is 0. The van der Waals surface area contributed by atoms with Gasteiger partial charge in [0.25, 0.3) is 0 Å². The summed E-state index contributed by atoms with van der Waals surface area (Å²) in [6.45, 7) is 0. The summed E-state index contributed by atoms with van der Waals surface area (Å²) in [5.41, 5.74) is 2.08. The number of hydrogen-bond donors (Lipinski definition) is 2. The molecule has 0 atom stereocenters. The Bertz CT molecular complexity index is 1420. The van der Waals surface area contributed by atoms with Gasteiger partial charge in [0, 0.05) is 52.4 Å². The first kappa shape index (κ1) is 21.8. The molecule has 2 nitrogen and oxygen atoms in total. The van der Waals surface area contributed by atoms with Crippen molar-refractivity contribution in [2.24, 2.45) is 0 Å². The van der Waals surface area contributed by atoms with Crippen molar-refractivity contribution in [2.75, 3.05) is 0 Å². The molecule has 4 aromatic carbocycles. The van der Waals surface area contributed by atoms with Crippen LogP contribution < -0.4 is 0 Å². The number of thiol groups is 2.